The number of hydrogen-bond acceptors (Lipinski definition) is 4. The maximum absolute atomic E-state index is 13.4. The lowest BCUT2D eigenvalue weighted by molar-refractivity contribution is 0.00578. The molecule has 2 heterocycles. The van der Waals surface area contributed by atoms with Gasteiger partial charge in [-0.15, -0.1) is 0 Å². The molecule has 0 bridgehead atoms. The van der Waals surface area contributed by atoms with Gasteiger partial charge in [-0.25, -0.2) is 9.37 Å². The molecular formula is C14H19BClFN2O2. The van der Waals surface area contributed by atoms with E-state index in [1.165, 1.54) is 12.3 Å². The van der Waals surface area contributed by atoms with Crippen molar-refractivity contribution in [1.82, 2.24) is 4.98 Å². The van der Waals surface area contributed by atoms with Crippen molar-refractivity contribution in [2.45, 2.75) is 38.9 Å². The molecule has 0 radical (unpaired) electrons. The summed E-state index contributed by atoms with van der Waals surface area (Å²) in [5, 5.41) is -0.155. The number of aromatic nitrogens is 1. The standard InChI is InChI=1S/C14H19BClFN2O2/c1-13(2)14(3,4)21-15(20-13)10(7-18)5-9-6-11(17)12(16)19-8-9/h5-6,8H,7,18H2,1-4H3. The summed E-state index contributed by atoms with van der Waals surface area (Å²) < 4.78 is 25.3. The van der Waals surface area contributed by atoms with Gasteiger partial charge in [-0.3, -0.25) is 0 Å². The first-order valence-electron chi connectivity index (χ1n) is 6.73. The van der Waals surface area contributed by atoms with Crippen molar-refractivity contribution in [2.75, 3.05) is 6.54 Å². The second kappa shape index (κ2) is 5.68. The second-order valence-electron chi connectivity index (χ2n) is 6.05. The molecule has 4 nitrogen and oxygen atoms in total. The van der Waals surface area contributed by atoms with Crippen molar-refractivity contribution in [1.29, 1.82) is 0 Å². The van der Waals surface area contributed by atoms with Crippen molar-refractivity contribution in [3.8, 4) is 0 Å². The van der Waals surface area contributed by atoms with Gasteiger partial charge in [0.1, 0.15) is 0 Å². The smallest absolute Gasteiger partial charge is 0.400 e. The zero-order chi connectivity index (χ0) is 15.8. The molecule has 1 aromatic rings. The predicted molar refractivity (Wildman–Crippen MR) is 82.3 cm³/mol. The van der Waals surface area contributed by atoms with E-state index in [1.807, 2.05) is 27.7 Å². The summed E-state index contributed by atoms with van der Waals surface area (Å²) in [5.74, 6) is -0.573. The molecule has 1 aromatic heterocycles. The minimum atomic E-state index is -0.573. The quantitative estimate of drug-likeness (QED) is 0.689. The molecule has 1 fully saturated rings. The molecular weight excluding hydrogens is 293 g/mol. The van der Waals surface area contributed by atoms with Gasteiger partial charge >= 0.3 is 7.12 Å². The van der Waals surface area contributed by atoms with E-state index in [0.717, 1.165) is 5.47 Å². The second-order valence-corrected chi connectivity index (χ2v) is 6.41. The summed E-state index contributed by atoms with van der Waals surface area (Å²) in [6, 6.07) is 1.30. The molecule has 0 spiro atoms. The Morgan fingerprint density at radius 2 is 1.95 bits per heavy atom. The Labute approximate surface area is 129 Å². The topological polar surface area (TPSA) is 57.4 Å². The lowest BCUT2D eigenvalue weighted by atomic mass is 9.77. The minimum Gasteiger partial charge on any atom is -0.400 e. The van der Waals surface area contributed by atoms with E-state index in [9.17, 15) is 4.39 Å². The number of rotatable bonds is 3. The Kier molecular flexibility index (Phi) is 4.45. The maximum atomic E-state index is 13.4. The van der Waals surface area contributed by atoms with Crippen molar-refractivity contribution in [3.05, 3.63) is 34.3 Å². The summed E-state index contributed by atoms with van der Waals surface area (Å²) in [6.45, 7) is 8.09. The molecule has 114 valence electrons. The van der Waals surface area contributed by atoms with Crippen LogP contribution in [0.4, 0.5) is 4.39 Å². The zero-order valence-corrected chi connectivity index (χ0v) is 13.4. The Morgan fingerprint density at radius 3 is 2.43 bits per heavy atom. The third-order valence-electron chi connectivity index (χ3n) is 3.96. The highest BCUT2D eigenvalue weighted by atomic mass is 35.5. The van der Waals surface area contributed by atoms with E-state index < -0.39 is 24.1 Å². The molecule has 1 saturated heterocycles. The third-order valence-corrected chi connectivity index (χ3v) is 4.24. The largest absolute Gasteiger partial charge is 0.491 e. The maximum Gasteiger partial charge on any atom is 0.491 e. The number of nitrogens with two attached hydrogens (primary N) is 1. The Hall–Kier alpha value is -0.945. The predicted octanol–water partition coefficient (Wildman–Crippen LogP) is 2.85. The van der Waals surface area contributed by atoms with Gasteiger partial charge in [-0.1, -0.05) is 17.7 Å². The van der Waals surface area contributed by atoms with Crippen LogP contribution < -0.4 is 5.73 Å². The van der Waals surface area contributed by atoms with Crippen molar-refractivity contribution < 1.29 is 13.7 Å². The van der Waals surface area contributed by atoms with Crippen LogP contribution >= 0.6 is 11.6 Å². The molecule has 0 aliphatic carbocycles. The molecule has 0 atom stereocenters. The van der Waals surface area contributed by atoms with Crippen molar-refractivity contribution >= 4 is 24.8 Å². The van der Waals surface area contributed by atoms with E-state index in [4.69, 9.17) is 26.6 Å². The van der Waals surface area contributed by atoms with E-state index in [-0.39, 0.29) is 11.7 Å². The van der Waals surface area contributed by atoms with Crippen LogP contribution in [0.25, 0.3) is 6.08 Å². The summed E-state index contributed by atoms with van der Waals surface area (Å²) in [7, 11) is -0.557. The van der Waals surface area contributed by atoms with Gasteiger partial charge in [0.15, 0.2) is 11.0 Å². The van der Waals surface area contributed by atoms with Gasteiger partial charge < -0.3 is 15.0 Å². The average molecular weight is 313 g/mol. The minimum absolute atomic E-state index is 0.155. The first kappa shape index (κ1) is 16.4. The van der Waals surface area contributed by atoms with Crippen LogP contribution in [0.1, 0.15) is 33.3 Å². The summed E-state index contributed by atoms with van der Waals surface area (Å²) in [6.07, 6.45) is 3.20. The van der Waals surface area contributed by atoms with Crippen LogP contribution in [0.3, 0.4) is 0 Å². The number of nitrogens with zero attached hydrogens (tertiary/aromatic N) is 1. The van der Waals surface area contributed by atoms with Gasteiger partial charge in [0, 0.05) is 12.7 Å². The van der Waals surface area contributed by atoms with Crippen molar-refractivity contribution in [3.63, 3.8) is 0 Å². The Bertz CT molecular complexity index is 562. The fourth-order valence-electron chi connectivity index (χ4n) is 1.95. The van der Waals surface area contributed by atoms with Gasteiger partial charge in [-0.05, 0) is 44.8 Å². The van der Waals surface area contributed by atoms with Crippen molar-refractivity contribution in [2.24, 2.45) is 5.73 Å². The van der Waals surface area contributed by atoms with Crippen LogP contribution in [0.15, 0.2) is 17.7 Å². The molecule has 21 heavy (non-hydrogen) atoms. The van der Waals surface area contributed by atoms with E-state index >= 15 is 0 Å². The van der Waals surface area contributed by atoms with E-state index in [0.29, 0.717) is 5.56 Å². The lowest BCUT2D eigenvalue weighted by Gasteiger charge is -2.32. The molecule has 1 aliphatic heterocycles. The fourth-order valence-corrected chi connectivity index (χ4v) is 2.05. The van der Waals surface area contributed by atoms with Crippen LogP contribution in [0, 0.1) is 5.82 Å². The van der Waals surface area contributed by atoms with Crippen LogP contribution in [-0.2, 0) is 9.31 Å². The van der Waals surface area contributed by atoms with Gasteiger partial charge in [0.2, 0.25) is 0 Å². The first-order valence-corrected chi connectivity index (χ1v) is 7.11. The highest BCUT2D eigenvalue weighted by molar-refractivity contribution is 6.55. The van der Waals surface area contributed by atoms with Gasteiger partial charge in [0.05, 0.1) is 11.2 Å². The summed E-state index contributed by atoms with van der Waals surface area (Å²) in [4.78, 5) is 3.77. The molecule has 2 N–H and O–H groups in total. The van der Waals surface area contributed by atoms with Crippen LogP contribution in [-0.4, -0.2) is 29.8 Å². The summed E-state index contributed by atoms with van der Waals surface area (Å²) >= 11 is 5.57. The van der Waals surface area contributed by atoms with Gasteiger partial charge in [-0.2, -0.15) is 0 Å². The molecule has 0 amide bonds. The lowest BCUT2D eigenvalue weighted by Crippen LogP contribution is -2.41. The number of pyridine rings is 1. The average Bonchev–Trinajstić information content (AvgIpc) is 2.59. The van der Waals surface area contributed by atoms with Gasteiger partial charge in [0.25, 0.3) is 0 Å². The monoisotopic (exact) mass is 312 g/mol. The Balaban J connectivity index is 2.28. The normalized spacial score (nSPS) is 20.9. The molecule has 1 aliphatic rings. The molecule has 0 unspecified atom stereocenters. The van der Waals surface area contributed by atoms with Crippen LogP contribution in [0.5, 0.6) is 0 Å². The van der Waals surface area contributed by atoms with E-state index in [1.54, 1.807) is 6.08 Å². The molecule has 0 saturated carbocycles. The highest BCUT2D eigenvalue weighted by Crippen LogP contribution is 2.38. The fraction of sp³-hybridized carbons (Fsp3) is 0.500. The zero-order valence-electron chi connectivity index (χ0n) is 12.6. The van der Waals surface area contributed by atoms with Crippen LogP contribution in [0.2, 0.25) is 5.15 Å². The third kappa shape index (κ3) is 3.29. The molecule has 0 aromatic carbocycles. The molecule has 2 rings (SSSR count). The first-order chi connectivity index (χ1) is 9.66. The highest BCUT2D eigenvalue weighted by Gasteiger charge is 2.52. The molecule has 7 heteroatoms. The number of hydrogen-bond donors (Lipinski definition) is 1. The van der Waals surface area contributed by atoms with E-state index in [2.05, 4.69) is 4.98 Å². The SMILES string of the molecule is CC1(C)OB(C(=Cc2cnc(Cl)c(F)c2)CN)OC1(C)C. The summed E-state index contributed by atoms with van der Waals surface area (Å²) in [5.41, 5.74) is 6.16. The number of halogens is 2. The Morgan fingerprint density at radius 1 is 1.38 bits per heavy atom.